The second-order valence-corrected chi connectivity index (χ2v) is 13.5. The van der Waals surface area contributed by atoms with Crippen LogP contribution < -0.4 is 16.0 Å². The fourth-order valence-electron chi connectivity index (χ4n) is 5.52. The molecule has 1 heterocycles. The van der Waals surface area contributed by atoms with Crippen LogP contribution in [0.2, 0.25) is 10.0 Å². The highest BCUT2D eigenvalue weighted by Gasteiger charge is 2.19. The summed E-state index contributed by atoms with van der Waals surface area (Å²) in [5.74, 6) is -1.15. The average molecular weight is 708 g/mol. The highest BCUT2D eigenvalue weighted by atomic mass is 35.5. The zero-order valence-corrected chi connectivity index (χ0v) is 29.0. The first-order valence-electron chi connectivity index (χ1n) is 15.6. The molecule has 0 saturated carbocycles. The summed E-state index contributed by atoms with van der Waals surface area (Å²) in [5, 5.41) is 11.1. The number of carbonyl (C=O) groups excluding carboxylic acids is 3. The Morgan fingerprint density at radius 3 is 2.12 bits per heavy atom. The van der Waals surface area contributed by atoms with E-state index in [4.69, 9.17) is 23.2 Å². The lowest BCUT2D eigenvalue weighted by atomic mass is 10.1. The van der Waals surface area contributed by atoms with Crippen LogP contribution in [0.5, 0.6) is 0 Å². The first-order chi connectivity index (χ1) is 23.7. The Labute approximate surface area is 298 Å². The predicted molar refractivity (Wildman–Crippen MR) is 202 cm³/mol. The number of hydrogen-bond donors (Lipinski definition) is 3. The maximum Gasteiger partial charge on any atom is 0.272 e. The van der Waals surface area contributed by atoms with Gasteiger partial charge in [0.25, 0.3) is 11.8 Å². The van der Waals surface area contributed by atoms with E-state index in [1.807, 2.05) is 43.3 Å². The van der Waals surface area contributed by atoms with Gasteiger partial charge in [0.2, 0.25) is 5.91 Å². The summed E-state index contributed by atoms with van der Waals surface area (Å²) in [6, 6.07) is 35.0. The van der Waals surface area contributed by atoms with Gasteiger partial charge in [0.15, 0.2) is 0 Å². The molecule has 1 aromatic heterocycles. The van der Waals surface area contributed by atoms with Gasteiger partial charge < -0.3 is 20.5 Å². The van der Waals surface area contributed by atoms with Crippen molar-refractivity contribution in [1.82, 2.24) is 9.88 Å². The van der Waals surface area contributed by atoms with E-state index in [1.54, 1.807) is 60.7 Å². The Hall–Kier alpha value is -5.02. The van der Waals surface area contributed by atoms with Crippen molar-refractivity contribution in [1.29, 1.82) is 0 Å². The monoisotopic (exact) mass is 706 g/mol. The molecule has 0 aliphatic carbocycles. The van der Waals surface area contributed by atoms with Crippen molar-refractivity contribution in [2.45, 2.75) is 30.5 Å². The first-order valence-corrected chi connectivity index (χ1v) is 17.3. The van der Waals surface area contributed by atoms with Crippen molar-refractivity contribution >= 4 is 91.9 Å². The van der Waals surface area contributed by atoms with E-state index in [0.717, 1.165) is 33.4 Å². The molecule has 5 aromatic carbocycles. The van der Waals surface area contributed by atoms with Gasteiger partial charge in [0, 0.05) is 65.8 Å². The zero-order chi connectivity index (χ0) is 34.5. The van der Waals surface area contributed by atoms with Crippen LogP contribution in [-0.4, -0.2) is 27.5 Å². The second-order valence-electron chi connectivity index (χ2n) is 11.2. The Balaban J connectivity index is 1.13. The number of rotatable bonds is 10. The van der Waals surface area contributed by atoms with Crippen LogP contribution in [0.4, 0.5) is 11.4 Å². The molecule has 1 atom stereocenters. The van der Waals surface area contributed by atoms with Gasteiger partial charge in [-0.15, -0.1) is 11.8 Å². The number of para-hydroxylation sites is 1. The topological polar surface area (TPSA) is 92.2 Å². The molecule has 6 aromatic rings. The second kappa shape index (κ2) is 15.0. The van der Waals surface area contributed by atoms with E-state index in [-0.39, 0.29) is 11.6 Å². The third kappa shape index (κ3) is 7.67. The molecule has 0 spiro atoms. The minimum atomic E-state index is -0.563. The number of thioether (sulfide) groups is 1. The van der Waals surface area contributed by atoms with Crippen molar-refractivity contribution in [3.05, 3.63) is 142 Å². The van der Waals surface area contributed by atoms with Gasteiger partial charge in [-0.25, -0.2) is 0 Å². The van der Waals surface area contributed by atoms with Crippen molar-refractivity contribution in [3.63, 3.8) is 0 Å². The summed E-state index contributed by atoms with van der Waals surface area (Å²) in [5.41, 5.74) is 4.28. The molecule has 246 valence electrons. The number of carbonyl (C=O) groups is 3. The Morgan fingerprint density at radius 1 is 0.755 bits per heavy atom. The molecule has 0 saturated heterocycles. The number of nitrogens with one attached hydrogen (secondary N) is 3. The first kappa shape index (κ1) is 33.9. The van der Waals surface area contributed by atoms with Gasteiger partial charge in [0.05, 0.1) is 5.25 Å². The SMILES string of the molecule is CCn1c2ccccc2c2cc(NC(=O)C(C)Sc3ccc(NC(=O)/C(=C/c4c(Cl)cccc4Cl)NC(=O)c4ccccc4)cc3)ccc21. The lowest BCUT2D eigenvalue weighted by Crippen LogP contribution is -2.30. The molecule has 6 rings (SSSR count). The van der Waals surface area contributed by atoms with E-state index >= 15 is 0 Å². The van der Waals surface area contributed by atoms with Crippen molar-refractivity contribution < 1.29 is 14.4 Å². The molecule has 0 aliphatic heterocycles. The highest BCUT2D eigenvalue weighted by Crippen LogP contribution is 2.32. The minimum absolute atomic E-state index is 0.0370. The molecular weight excluding hydrogens is 675 g/mol. The van der Waals surface area contributed by atoms with Gasteiger partial charge in [-0.05, 0) is 92.7 Å². The molecule has 0 fully saturated rings. The van der Waals surface area contributed by atoms with Crippen LogP contribution in [0, 0.1) is 0 Å². The maximum atomic E-state index is 13.5. The summed E-state index contributed by atoms with van der Waals surface area (Å²) in [6.45, 7) is 4.83. The zero-order valence-electron chi connectivity index (χ0n) is 26.7. The number of aromatic nitrogens is 1. The van der Waals surface area contributed by atoms with Gasteiger partial charge in [-0.3, -0.25) is 14.4 Å². The molecular formula is C39H32Cl2N4O3S. The molecule has 0 radical (unpaired) electrons. The number of fused-ring (bicyclic) bond motifs is 3. The Kier molecular flexibility index (Phi) is 10.4. The molecule has 7 nitrogen and oxygen atoms in total. The Morgan fingerprint density at radius 2 is 1.41 bits per heavy atom. The summed E-state index contributed by atoms with van der Waals surface area (Å²) in [6.07, 6.45) is 1.45. The van der Waals surface area contributed by atoms with Crippen molar-refractivity contribution in [2.75, 3.05) is 10.6 Å². The summed E-state index contributed by atoms with van der Waals surface area (Å²) in [4.78, 5) is 40.5. The van der Waals surface area contributed by atoms with Crippen LogP contribution in [0.1, 0.15) is 29.8 Å². The number of nitrogens with zero attached hydrogens (tertiary/aromatic N) is 1. The summed E-state index contributed by atoms with van der Waals surface area (Å²) >= 11 is 14.1. The number of anilines is 2. The lowest BCUT2D eigenvalue weighted by molar-refractivity contribution is -0.115. The third-order valence-corrected chi connectivity index (χ3v) is 9.74. The molecule has 0 aliphatic rings. The predicted octanol–water partition coefficient (Wildman–Crippen LogP) is 9.65. The molecule has 3 N–H and O–H groups in total. The summed E-state index contributed by atoms with van der Waals surface area (Å²) < 4.78 is 2.27. The third-order valence-electron chi connectivity index (χ3n) is 7.97. The van der Waals surface area contributed by atoms with E-state index in [2.05, 4.69) is 45.6 Å². The largest absolute Gasteiger partial charge is 0.341 e. The normalized spacial score (nSPS) is 12.1. The van der Waals surface area contributed by atoms with E-state index in [0.29, 0.717) is 26.9 Å². The minimum Gasteiger partial charge on any atom is -0.341 e. The van der Waals surface area contributed by atoms with Crippen LogP contribution in [0.15, 0.2) is 126 Å². The molecule has 3 amide bonds. The molecule has 1 unspecified atom stereocenters. The number of aryl methyl sites for hydroxylation is 1. The van der Waals surface area contributed by atoms with E-state index in [9.17, 15) is 14.4 Å². The van der Waals surface area contributed by atoms with Crippen LogP contribution in [0.25, 0.3) is 27.9 Å². The standard InChI is InChI=1S/C39H32Cl2N4O3S/c1-3-45-35-15-8-7-12-29(35)30-22-27(18-21-36(30)45)43-37(46)24(2)49-28-19-16-26(17-20-28)42-39(48)34(23-31-32(40)13-9-14-33(31)41)44-38(47)25-10-5-4-6-11-25/h4-24H,3H2,1-2H3,(H,42,48)(H,43,46)(H,44,47)/b34-23-. The van der Waals surface area contributed by atoms with E-state index in [1.165, 1.54) is 23.4 Å². The van der Waals surface area contributed by atoms with Crippen LogP contribution in [0.3, 0.4) is 0 Å². The van der Waals surface area contributed by atoms with Gasteiger partial charge in [-0.1, -0.05) is 65.7 Å². The molecule has 49 heavy (non-hydrogen) atoms. The number of halogens is 2. The van der Waals surface area contributed by atoms with Crippen LogP contribution >= 0.6 is 35.0 Å². The fraction of sp³-hybridized carbons (Fsp3) is 0.103. The van der Waals surface area contributed by atoms with Gasteiger partial charge in [0.1, 0.15) is 5.70 Å². The lowest BCUT2D eigenvalue weighted by Gasteiger charge is -2.14. The number of amides is 3. The highest BCUT2D eigenvalue weighted by molar-refractivity contribution is 8.00. The smallest absolute Gasteiger partial charge is 0.272 e. The van der Waals surface area contributed by atoms with Gasteiger partial charge in [-0.2, -0.15) is 0 Å². The van der Waals surface area contributed by atoms with Crippen LogP contribution in [-0.2, 0) is 16.1 Å². The molecule has 0 bridgehead atoms. The fourth-order valence-corrected chi connectivity index (χ4v) is 6.90. The quantitative estimate of drug-likeness (QED) is 0.0977. The van der Waals surface area contributed by atoms with Crippen molar-refractivity contribution in [2.24, 2.45) is 0 Å². The van der Waals surface area contributed by atoms with E-state index < -0.39 is 17.1 Å². The maximum absolute atomic E-state index is 13.5. The number of benzene rings is 5. The summed E-state index contributed by atoms with van der Waals surface area (Å²) in [7, 11) is 0. The molecule has 10 heteroatoms. The average Bonchev–Trinajstić information content (AvgIpc) is 3.43. The van der Waals surface area contributed by atoms with Crippen molar-refractivity contribution in [3.8, 4) is 0 Å². The number of hydrogen-bond acceptors (Lipinski definition) is 4. The Bertz CT molecular complexity index is 2200. The van der Waals surface area contributed by atoms with Gasteiger partial charge >= 0.3 is 0 Å².